The summed E-state index contributed by atoms with van der Waals surface area (Å²) in [5.41, 5.74) is 1.43. The Balaban J connectivity index is 2.25. The molecule has 1 N–H and O–H groups in total. The molecule has 0 amide bonds. The van der Waals surface area contributed by atoms with Crippen molar-refractivity contribution in [1.29, 1.82) is 0 Å². The summed E-state index contributed by atoms with van der Waals surface area (Å²) in [6.07, 6.45) is 5.91. The highest BCUT2D eigenvalue weighted by atomic mass is 16.5. The molecule has 0 aliphatic heterocycles. The van der Waals surface area contributed by atoms with Crippen molar-refractivity contribution in [3.05, 3.63) is 35.9 Å². The van der Waals surface area contributed by atoms with Crippen molar-refractivity contribution in [2.45, 2.75) is 57.6 Å². The van der Waals surface area contributed by atoms with Crippen LogP contribution in [-0.4, -0.2) is 25.8 Å². The van der Waals surface area contributed by atoms with Gasteiger partial charge in [-0.1, -0.05) is 30.3 Å². The molecule has 0 aliphatic carbocycles. The average molecular weight is 263 g/mol. The topological polar surface area (TPSA) is 21.3 Å². The molecule has 0 radical (unpaired) electrons. The molecule has 108 valence electrons. The number of ether oxygens (including phenoxy) is 1. The molecule has 0 fully saturated rings. The van der Waals surface area contributed by atoms with E-state index in [-0.39, 0.29) is 5.60 Å². The van der Waals surface area contributed by atoms with E-state index in [9.17, 15) is 0 Å². The normalized spacial score (nSPS) is 13.5. The molecule has 0 heterocycles. The van der Waals surface area contributed by atoms with E-state index in [1.165, 1.54) is 31.2 Å². The Hall–Kier alpha value is -0.860. The van der Waals surface area contributed by atoms with Crippen LogP contribution in [0.2, 0.25) is 0 Å². The third kappa shape index (κ3) is 6.74. The lowest BCUT2D eigenvalue weighted by Crippen LogP contribution is -2.30. The first-order valence-electron chi connectivity index (χ1n) is 7.34. The molecule has 1 aromatic carbocycles. The summed E-state index contributed by atoms with van der Waals surface area (Å²) in [6, 6.07) is 11.3. The maximum atomic E-state index is 5.48. The Kier molecular flexibility index (Phi) is 7.11. The van der Waals surface area contributed by atoms with Gasteiger partial charge in [-0.3, -0.25) is 0 Å². The molecule has 1 rings (SSSR count). The van der Waals surface area contributed by atoms with Crippen molar-refractivity contribution in [2.24, 2.45) is 0 Å². The van der Waals surface area contributed by atoms with Crippen molar-refractivity contribution in [1.82, 2.24) is 5.32 Å². The van der Waals surface area contributed by atoms with E-state index in [4.69, 9.17) is 4.74 Å². The summed E-state index contributed by atoms with van der Waals surface area (Å²) in [5.74, 6) is 0. The largest absolute Gasteiger partial charge is 0.379 e. The molecule has 0 bridgehead atoms. The van der Waals surface area contributed by atoms with E-state index in [0.29, 0.717) is 6.04 Å². The predicted octanol–water partition coefficient (Wildman–Crippen LogP) is 3.80. The Bertz CT molecular complexity index is 334. The summed E-state index contributed by atoms with van der Waals surface area (Å²) in [5, 5.41) is 3.43. The monoisotopic (exact) mass is 263 g/mol. The first kappa shape index (κ1) is 16.2. The summed E-state index contributed by atoms with van der Waals surface area (Å²) in [4.78, 5) is 0. The zero-order valence-corrected chi connectivity index (χ0v) is 12.9. The van der Waals surface area contributed by atoms with E-state index in [0.717, 1.165) is 6.42 Å². The van der Waals surface area contributed by atoms with Gasteiger partial charge in [0.2, 0.25) is 0 Å². The number of benzene rings is 1. The quantitative estimate of drug-likeness (QED) is 0.731. The van der Waals surface area contributed by atoms with Gasteiger partial charge in [-0.15, -0.1) is 0 Å². The van der Waals surface area contributed by atoms with Gasteiger partial charge >= 0.3 is 0 Å². The minimum atomic E-state index is -0.00543. The van der Waals surface area contributed by atoms with Gasteiger partial charge in [0, 0.05) is 13.2 Å². The van der Waals surface area contributed by atoms with E-state index in [1.807, 2.05) is 0 Å². The van der Waals surface area contributed by atoms with Crippen LogP contribution >= 0.6 is 0 Å². The highest BCUT2D eigenvalue weighted by Gasteiger charge is 2.18. The van der Waals surface area contributed by atoms with Crippen molar-refractivity contribution in [3.63, 3.8) is 0 Å². The Morgan fingerprint density at radius 3 is 2.42 bits per heavy atom. The van der Waals surface area contributed by atoms with Gasteiger partial charge in [-0.25, -0.2) is 0 Å². The predicted molar refractivity (Wildman–Crippen MR) is 82.5 cm³/mol. The van der Waals surface area contributed by atoms with Gasteiger partial charge in [0.1, 0.15) is 0 Å². The van der Waals surface area contributed by atoms with Crippen molar-refractivity contribution in [2.75, 3.05) is 14.2 Å². The SMILES string of the molecule is CNC(CCCc1ccccc1)CCC(C)(C)OC. The maximum absolute atomic E-state index is 5.48. The van der Waals surface area contributed by atoms with Gasteiger partial charge in [0.15, 0.2) is 0 Å². The van der Waals surface area contributed by atoms with Crippen LogP contribution in [-0.2, 0) is 11.2 Å². The molecule has 1 aromatic rings. The first-order valence-corrected chi connectivity index (χ1v) is 7.34. The Labute approximate surface area is 118 Å². The van der Waals surface area contributed by atoms with Crippen LogP contribution in [0.3, 0.4) is 0 Å². The second kappa shape index (κ2) is 8.34. The van der Waals surface area contributed by atoms with Crippen LogP contribution in [0.5, 0.6) is 0 Å². The lowest BCUT2D eigenvalue weighted by Gasteiger charge is -2.25. The molecule has 0 aromatic heterocycles. The van der Waals surface area contributed by atoms with E-state index >= 15 is 0 Å². The fraction of sp³-hybridized carbons (Fsp3) is 0.647. The molecule has 0 saturated heterocycles. The van der Waals surface area contributed by atoms with Gasteiger partial charge in [0.05, 0.1) is 5.60 Å². The number of methoxy groups -OCH3 is 1. The second-order valence-corrected chi connectivity index (χ2v) is 5.87. The lowest BCUT2D eigenvalue weighted by atomic mass is 9.95. The zero-order valence-electron chi connectivity index (χ0n) is 12.9. The number of hydrogen-bond donors (Lipinski definition) is 1. The standard InChI is InChI=1S/C17H29NO/c1-17(2,19-4)14-13-16(18-3)12-8-11-15-9-6-5-7-10-15/h5-7,9-10,16,18H,8,11-14H2,1-4H3. The molecule has 2 nitrogen and oxygen atoms in total. The third-order valence-electron chi connectivity index (χ3n) is 3.92. The molecule has 1 unspecified atom stereocenters. The minimum absolute atomic E-state index is 0.00543. The average Bonchev–Trinajstić information content (AvgIpc) is 2.43. The summed E-state index contributed by atoms with van der Waals surface area (Å²) in [7, 11) is 3.86. The third-order valence-corrected chi connectivity index (χ3v) is 3.92. The number of hydrogen-bond acceptors (Lipinski definition) is 2. The maximum Gasteiger partial charge on any atom is 0.0623 e. The van der Waals surface area contributed by atoms with Crippen molar-refractivity contribution < 1.29 is 4.74 Å². The smallest absolute Gasteiger partial charge is 0.0623 e. The van der Waals surface area contributed by atoms with Crippen molar-refractivity contribution >= 4 is 0 Å². The van der Waals surface area contributed by atoms with Crippen LogP contribution < -0.4 is 5.32 Å². The van der Waals surface area contributed by atoms with Crippen LogP contribution in [0.4, 0.5) is 0 Å². The van der Waals surface area contributed by atoms with Crippen LogP contribution in [0.25, 0.3) is 0 Å². The van der Waals surface area contributed by atoms with E-state index in [1.54, 1.807) is 7.11 Å². The molecular weight excluding hydrogens is 234 g/mol. The number of rotatable bonds is 9. The first-order chi connectivity index (χ1) is 9.07. The van der Waals surface area contributed by atoms with Gasteiger partial charge in [-0.05, 0) is 58.6 Å². The van der Waals surface area contributed by atoms with Crippen LogP contribution in [0.1, 0.15) is 45.1 Å². The van der Waals surface area contributed by atoms with E-state index < -0.39 is 0 Å². The van der Waals surface area contributed by atoms with Crippen LogP contribution in [0, 0.1) is 0 Å². The zero-order chi connectivity index (χ0) is 14.1. The molecule has 0 spiro atoms. The Morgan fingerprint density at radius 2 is 1.84 bits per heavy atom. The second-order valence-electron chi connectivity index (χ2n) is 5.87. The Morgan fingerprint density at radius 1 is 1.16 bits per heavy atom. The molecule has 19 heavy (non-hydrogen) atoms. The summed E-state index contributed by atoms with van der Waals surface area (Å²) < 4.78 is 5.48. The van der Waals surface area contributed by atoms with Gasteiger partial charge < -0.3 is 10.1 Å². The van der Waals surface area contributed by atoms with Gasteiger partial charge in [-0.2, -0.15) is 0 Å². The fourth-order valence-electron chi connectivity index (χ4n) is 2.25. The molecule has 1 atom stereocenters. The lowest BCUT2D eigenvalue weighted by molar-refractivity contribution is 0.0116. The van der Waals surface area contributed by atoms with E-state index in [2.05, 4.69) is 56.5 Å². The molecule has 0 aliphatic rings. The highest BCUT2D eigenvalue weighted by molar-refractivity contribution is 5.14. The number of aryl methyl sites for hydroxylation is 1. The highest BCUT2D eigenvalue weighted by Crippen LogP contribution is 2.18. The van der Waals surface area contributed by atoms with Gasteiger partial charge in [0.25, 0.3) is 0 Å². The summed E-state index contributed by atoms with van der Waals surface area (Å²) in [6.45, 7) is 4.31. The molecular formula is C17H29NO. The molecule has 2 heteroatoms. The van der Waals surface area contributed by atoms with Crippen LogP contribution in [0.15, 0.2) is 30.3 Å². The minimum Gasteiger partial charge on any atom is -0.379 e. The number of nitrogens with one attached hydrogen (secondary N) is 1. The molecule has 0 saturated carbocycles. The van der Waals surface area contributed by atoms with Crippen molar-refractivity contribution in [3.8, 4) is 0 Å². The summed E-state index contributed by atoms with van der Waals surface area (Å²) >= 11 is 0. The fourth-order valence-corrected chi connectivity index (χ4v) is 2.25.